The lowest BCUT2D eigenvalue weighted by atomic mass is 9.92. The molecule has 46 heavy (non-hydrogen) atoms. The predicted octanol–water partition coefficient (Wildman–Crippen LogP) is 5.49. The molecule has 2 atom stereocenters. The molecule has 3 aromatic carbocycles. The van der Waals surface area contributed by atoms with Gasteiger partial charge in [-0.05, 0) is 78.6 Å². The molecule has 1 aromatic heterocycles. The van der Waals surface area contributed by atoms with E-state index in [1.54, 1.807) is 18.2 Å². The fourth-order valence-electron chi connectivity index (χ4n) is 6.07. The quantitative estimate of drug-likeness (QED) is 0.152. The van der Waals surface area contributed by atoms with Crippen LogP contribution in [0.3, 0.4) is 0 Å². The molecule has 2 aliphatic rings. The SMILES string of the molecule is Cc1c(Cl)cccc1OCCCC(=O)N1C[C@H]2C[C@H]2c2c(-c3cnn(Cc4cccc(C(=O)NCCS(=O)(=O)O)c4)c3)cccc21. The zero-order valence-corrected chi connectivity index (χ0v) is 26.9. The van der Waals surface area contributed by atoms with Crippen LogP contribution in [-0.4, -0.2) is 60.0 Å². The molecule has 0 bridgehead atoms. The summed E-state index contributed by atoms with van der Waals surface area (Å²) >= 11 is 6.20. The summed E-state index contributed by atoms with van der Waals surface area (Å²) in [4.78, 5) is 27.9. The van der Waals surface area contributed by atoms with E-state index in [1.165, 1.54) is 5.56 Å². The maximum atomic E-state index is 13.5. The van der Waals surface area contributed by atoms with Crippen molar-refractivity contribution in [1.29, 1.82) is 0 Å². The second-order valence-electron chi connectivity index (χ2n) is 11.8. The van der Waals surface area contributed by atoms with Gasteiger partial charge < -0.3 is 15.0 Å². The molecule has 1 fully saturated rings. The first kappa shape index (κ1) is 31.8. The Morgan fingerprint density at radius 3 is 2.76 bits per heavy atom. The maximum absolute atomic E-state index is 13.5. The lowest BCUT2D eigenvalue weighted by Crippen LogP contribution is -2.36. The van der Waals surface area contributed by atoms with Gasteiger partial charge in [-0.3, -0.25) is 18.8 Å². The summed E-state index contributed by atoms with van der Waals surface area (Å²) in [5, 5.41) is 7.75. The van der Waals surface area contributed by atoms with E-state index in [0.29, 0.717) is 48.4 Å². The van der Waals surface area contributed by atoms with Crippen LogP contribution in [0.2, 0.25) is 5.02 Å². The van der Waals surface area contributed by atoms with Crippen molar-refractivity contribution >= 4 is 39.2 Å². The van der Waals surface area contributed by atoms with Gasteiger partial charge in [-0.1, -0.05) is 41.9 Å². The third-order valence-electron chi connectivity index (χ3n) is 8.52. The number of carbonyl (C=O) groups is 2. The number of benzene rings is 3. The molecule has 240 valence electrons. The fraction of sp³-hybridized carbons (Fsp3) is 0.324. The lowest BCUT2D eigenvalue weighted by Gasteiger charge is -2.30. The number of aromatic nitrogens is 2. The lowest BCUT2D eigenvalue weighted by molar-refractivity contribution is -0.119. The first-order valence-corrected chi connectivity index (χ1v) is 17.2. The number of hydrogen-bond acceptors (Lipinski definition) is 6. The second kappa shape index (κ2) is 13.3. The normalized spacial score (nSPS) is 16.8. The van der Waals surface area contributed by atoms with Crippen molar-refractivity contribution in [3.63, 3.8) is 0 Å². The van der Waals surface area contributed by atoms with Crippen LogP contribution in [0.4, 0.5) is 5.69 Å². The summed E-state index contributed by atoms with van der Waals surface area (Å²) in [7, 11) is -4.16. The highest BCUT2D eigenvalue weighted by Crippen LogP contribution is 2.57. The highest BCUT2D eigenvalue weighted by molar-refractivity contribution is 7.85. The molecule has 0 spiro atoms. The smallest absolute Gasteiger partial charge is 0.266 e. The summed E-state index contributed by atoms with van der Waals surface area (Å²) in [6, 6.07) is 18.7. The zero-order valence-electron chi connectivity index (χ0n) is 25.4. The van der Waals surface area contributed by atoms with Crippen LogP contribution in [-0.2, 0) is 21.5 Å². The number of nitrogens with one attached hydrogen (secondary N) is 1. The minimum atomic E-state index is -4.16. The standard InChI is InChI=1S/C34H35ClN4O6S/c1-22-29(35)9-4-11-31(22)45-14-5-12-32(40)39-21-25-17-28(25)33-27(8-3-10-30(33)39)26-18-37-38(20-26)19-23-6-2-7-24(16-23)34(41)36-13-15-46(42,43)44/h2-4,6-11,16,18,20,25,28H,5,12-15,17,19,21H2,1H3,(H,36,41)(H,42,43,44)/t25-,28-/m1/s1. The van der Waals surface area contributed by atoms with Crippen LogP contribution in [0.5, 0.6) is 5.75 Å². The number of anilines is 1. The predicted molar refractivity (Wildman–Crippen MR) is 176 cm³/mol. The van der Waals surface area contributed by atoms with Crippen molar-refractivity contribution in [2.24, 2.45) is 5.92 Å². The van der Waals surface area contributed by atoms with Crippen molar-refractivity contribution in [2.75, 3.05) is 30.3 Å². The van der Waals surface area contributed by atoms with Crippen LogP contribution >= 0.6 is 11.6 Å². The maximum Gasteiger partial charge on any atom is 0.266 e. The van der Waals surface area contributed by atoms with E-state index in [0.717, 1.165) is 46.7 Å². The summed E-state index contributed by atoms with van der Waals surface area (Å²) < 4.78 is 38.5. The Morgan fingerprint density at radius 2 is 1.93 bits per heavy atom. The van der Waals surface area contributed by atoms with Crippen molar-refractivity contribution in [2.45, 2.75) is 38.6 Å². The summed E-state index contributed by atoms with van der Waals surface area (Å²) in [5.74, 6) is 0.719. The highest BCUT2D eigenvalue weighted by atomic mass is 35.5. The van der Waals surface area contributed by atoms with E-state index >= 15 is 0 Å². The molecule has 2 amide bonds. The summed E-state index contributed by atoms with van der Waals surface area (Å²) in [5.41, 5.74) is 6.31. The van der Waals surface area contributed by atoms with Crippen LogP contribution in [0.1, 0.15) is 52.2 Å². The van der Waals surface area contributed by atoms with Gasteiger partial charge >= 0.3 is 0 Å². The molecule has 1 saturated carbocycles. The van der Waals surface area contributed by atoms with E-state index in [9.17, 15) is 18.0 Å². The molecule has 0 unspecified atom stereocenters. The summed E-state index contributed by atoms with van der Waals surface area (Å²) in [6.45, 7) is 3.32. The molecule has 12 heteroatoms. The first-order chi connectivity index (χ1) is 22.1. The first-order valence-electron chi connectivity index (χ1n) is 15.2. The molecule has 0 radical (unpaired) electrons. The van der Waals surface area contributed by atoms with Gasteiger partial charge in [0.05, 0.1) is 25.1 Å². The molecule has 6 rings (SSSR count). The molecule has 0 saturated heterocycles. The largest absolute Gasteiger partial charge is 0.493 e. The van der Waals surface area contributed by atoms with Crippen LogP contribution in [0.15, 0.2) is 73.1 Å². The minimum absolute atomic E-state index is 0.0905. The number of rotatable bonds is 12. The third kappa shape index (κ3) is 7.27. The van der Waals surface area contributed by atoms with Gasteiger partial charge in [-0.25, -0.2) is 0 Å². The molecular formula is C34H35ClN4O6S. The number of carbonyl (C=O) groups excluding carboxylic acids is 2. The van der Waals surface area contributed by atoms with E-state index in [1.807, 2.05) is 65.3 Å². The van der Waals surface area contributed by atoms with E-state index in [2.05, 4.69) is 16.5 Å². The molecule has 1 aliphatic heterocycles. The van der Waals surface area contributed by atoms with Crippen molar-refractivity contribution < 1.29 is 27.3 Å². The Kier molecular flexibility index (Phi) is 9.17. The van der Waals surface area contributed by atoms with Gasteiger partial charge in [-0.15, -0.1) is 0 Å². The van der Waals surface area contributed by atoms with Gasteiger partial charge in [0.1, 0.15) is 5.75 Å². The monoisotopic (exact) mass is 662 g/mol. The average Bonchev–Trinajstić information content (AvgIpc) is 3.68. The van der Waals surface area contributed by atoms with Crippen molar-refractivity contribution in [1.82, 2.24) is 15.1 Å². The zero-order chi connectivity index (χ0) is 32.4. The van der Waals surface area contributed by atoms with Gasteiger partial charge in [0, 0.05) is 53.1 Å². The van der Waals surface area contributed by atoms with Crippen LogP contribution in [0, 0.1) is 12.8 Å². The number of hydrogen-bond donors (Lipinski definition) is 2. The molecule has 2 N–H and O–H groups in total. The van der Waals surface area contributed by atoms with Gasteiger partial charge in [0.25, 0.3) is 16.0 Å². The number of ether oxygens (including phenoxy) is 1. The number of amides is 2. The Hall–Kier alpha value is -4.19. The Labute approximate surface area is 273 Å². The molecule has 4 aromatic rings. The van der Waals surface area contributed by atoms with E-state index in [4.69, 9.17) is 20.9 Å². The van der Waals surface area contributed by atoms with E-state index < -0.39 is 21.8 Å². The van der Waals surface area contributed by atoms with Crippen molar-refractivity contribution in [3.8, 4) is 16.9 Å². The third-order valence-corrected chi connectivity index (χ3v) is 9.65. The average molecular weight is 663 g/mol. The van der Waals surface area contributed by atoms with E-state index in [-0.39, 0.29) is 12.5 Å². The Morgan fingerprint density at radius 1 is 1.13 bits per heavy atom. The van der Waals surface area contributed by atoms with Crippen molar-refractivity contribution in [3.05, 3.63) is 100 Å². The highest BCUT2D eigenvalue weighted by Gasteiger charge is 2.47. The van der Waals surface area contributed by atoms with Gasteiger partial charge in [-0.2, -0.15) is 13.5 Å². The topological polar surface area (TPSA) is 131 Å². The molecule has 2 heterocycles. The number of fused-ring (bicyclic) bond motifs is 3. The fourth-order valence-corrected chi connectivity index (χ4v) is 6.59. The van der Waals surface area contributed by atoms with Crippen LogP contribution in [0.25, 0.3) is 11.1 Å². The molecular weight excluding hydrogens is 628 g/mol. The Bertz CT molecular complexity index is 1890. The van der Waals surface area contributed by atoms with Gasteiger partial charge in [0.15, 0.2) is 0 Å². The van der Waals surface area contributed by atoms with Gasteiger partial charge in [0.2, 0.25) is 5.91 Å². The summed E-state index contributed by atoms with van der Waals surface area (Å²) in [6.07, 6.45) is 5.84. The van der Waals surface area contributed by atoms with Crippen LogP contribution < -0.4 is 15.0 Å². The number of halogens is 1. The minimum Gasteiger partial charge on any atom is -0.493 e. The second-order valence-corrected chi connectivity index (χ2v) is 13.8. The number of nitrogens with zero attached hydrogens (tertiary/aromatic N) is 3. The molecule has 10 nitrogen and oxygen atoms in total. The molecule has 1 aliphatic carbocycles. The Balaban J connectivity index is 1.12.